The second-order valence-electron chi connectivity index (χ2n) is 35.4. The van der Waals surface area contributed by atoms with E-state index in [-0.39, 0.29) is 0 Å². The zero-order valence-corrected chi connectivity index (χ0v) is 65.5. The Bertz CT molecular complexity index is 1690. The standard InChI is InChI=1S/C45H114Si16/c1-39(2,3)47(25,26)55-54(46(22,23)24)56(48(27,28)40(4,5)6)58(55,50(31,32)42(10,11)12)61(53(37,38)45(19,20)21)59(55,51(33,34)43(13,14)15)57(54,49(29,30)41(7,8)9)60(56,61)52(35,36)44(16,17)18/h1-38H3. The first-order valence-electron chi connectivity index (χ1n) is 25.8. The van der Waals surface area contributed by atoms with Crippen LogP contribution in [-0.4, -0.2) is 110 Å². The van der Waals surface area contributed by atoms with Crippen LogP contribution in [0.5, 0.6) is 0 Å². The van der Waals surface area contributed by atoms with Gasteiger partial charge < -0.3 is 0 Å². The van der Waals surface area contributed by atoms with Gasteiger partial charge in [0.2, 0.25) is 0 Å². The van der Waals surface area contributed by atoms with E-state index in [2.05, 4.69) is 257 Å². The van der Waals surface area contributed by atoms with E-state index < -0.39 is 110 Å². The van der Waals surface area contributed by atoms with Gasteiger partial charge in [-0.3, -0.25) is 0 Å². The smallest absolute Gasteiger partial charge is 0.0374 e. The van der Waals surface area contributed by atoms with E-state index in [0.29, 0.717) is 35.3 Å². The highest BCUT2D eigenvalue weighted by Crippen LogP contribution is 3.09. The zero-order chi connectivity index (χ0) is 49.5. The summed E-state index contributed by atoms with van der Waals surface area (Å²) in [7, 11) is -14.2. The minimum atomic E-state index is -1.82. The molecule has 6 saturated heterocycles. The molecule has 6 aliphatic heterocycles. The molecule has 0 aromatic carbocycles. The Labute approximate surface area is 398 Å². The van der Waals surface area contributed by atoms with Crippen molar-refractivity contribution in [2.75, 3.05) is 0 Å². The van der Waals surface area contributed by atoms with Gasteiger partial charge >= 0.3 is 0 Å². The molecule has 0 nitrogen and oxygen atoms in total. The van der Waals surface area contributed by atoms with Crippen LogP contribution >= 0.6 is 0 Å². The molecule has 0 aromatic heterocycles. The number of hydrogen-bond donors (Lipinski definition) is 0. The normalized spacial score (nSPS) is 38.9. The fourth-order valence-electron chi connectivity index (χ4n) is 21.8. The Balaban J connectivity index is 2.57. The van der Waals surface area contributed by atoms with E-state index in [1.165, 1.54) is 0 Å². The Morgan fingerprint density at radius 1 is 0.164 bits per heavy atom. The lowest BCUT2D eigenvalue weighted by Crippen LogP contribution is -3.77. The van der Waals surface area contributed by atoms with Crippen molar-refractivity contribution in [3.8, 4) is 0 Å². The van der Waals surface area contributed by atoms with Gasteiger partial charge in [-0.25, -0.2) is 0 Å². The Kier molecular flexibility index (Phi) is 11.2. The third-order valence-electron chi connectivity index (χ3n) is 27.6. The number of hydrogen-bond acceptors (Lipinski definition) is 0. The highest BCUT2D eigenvalue weighted by molar-refractivity contribution is 9.11. The minimum Gasteiger partial charge on any atom is -0.0721 e. The summed E-state index contributed by atoms with van der Waals surface area (Å²) in [6.45, 7) is 120. The molecule has 0 aromatic rings. The van der Waals surface area contributed by atoms with Gasteiger partial charge in [0, 0.05) is 110 Å². The monoisotopic (exact) mass is 1100 g/mol. The van der Waals surface area contributed by atoms with Crippen LogP contribution in [0.2, 0.25) is 147 Å². The lowest BCUT2D eigenvalue weighted by Gasteiger charge is -3.40. The van der Waals surface area contributed by atoms with Crippen molar-refractivity contribution in [3.05, 3.63) is 0 Å². The summed E-state index contributed by atoms with van der Waals surface area (Å²) < 4.78 is 0. The van der Waals surface area contributed by atoms with E-state index in [1.807, 2.05) is 0 Å². The highest BCUT2D eigenvalue weighted by Gasteiger charge is 3.44. The van der Waals surface area contributed by atoms with Crippen molar-refractivity contribution in [1.29, 1.82) is 0 Å². The molecule has 16 heteroatoms. The lowest BCUT2D eigenvalue weighted by molar-refractivity contribution is 0.726. The molecule has 0 radical (unpaired) electrons. The molecule has 0 spiro atoms. The van der Waals surface area contributed by atoms with Crippen LogP contribution in [0, 0.1) is 0 Å². The van der Waals surface area contributed by atoms with Crippen LogP contribution in [-0.2, 0) is 0 Å². The van der Waals surface area contributed by atoms with Crippen LogP contribution < -0.4 is 0 Å². The SMILES string of the molecule is CC(C)(C)[Si](C)(C)[Si]12[Si]3([Si](C)(C)C)[Si]4([Si](C)(C)C(C)(C)C)[Si]1([Si](C)(C)C(C)(C)C)[Si]1([Si](C)(C)C(C)(C)C)[Si]2([Si](C)(C)C(C)(C)C)[Si]3([Si](C)(C)C(C)(C)C)[Si]41[Si](C)(C)C(C)(C)C. The Morgan fingerprint density at radius 2 is 0.246 bits per heavy atom. The van der Waals surface area contributed by atoms with Gasteiger partial charge in [-0.1, -0.05) is 257 Å². The van der Waals surface area contributed by atoms with E-state index in [0.717, 1.165) is 0 Å². The molecule has 6 rings (SSSR count). The first-order valence-corrected chi connectivity index (χ1v) is 86.2. The number of rotatable bonds is 8. The summed E-state index contributed by atoms with van der Waals surface area (Å²) in [6.07, 6.45) is -13.9. The maximum atomic E-state index is 3.39. The van der Waals surface area contributed by atoms with Gasteiger partial charge in [-0.15, -0.1) is 0 Å². The first-order chi connectivity index (χ1) is 25.8. The Morgan fingerprint density at radius 3 is 0.311 bits per heavy atom. The van der Waals surface area contributed by atoms with Crippen LogP contribution in [0.25, 0.3) is 0 Å². The van der Waals surface area contributed by atoms with Crippen molar-refractivity contribution in [3.63, 3.8) is 0 Å². The maximum Gasteiger partial charge on any atom is 0.0374 e. The fraction of sp³-hybridized carbons (Fsp3) is 1.00. The molecule has 6 fully saturated rings. The van der Waals surface area contributed by atoms with E-state index in [1.54, 1.807) is 0 Å². The molecule has 6 aliphatic rings. The van der Waals surface area contributed by atoms with E-state index in [4.69, 9.17) is 0 Å². The third-order valence-corrected chi connectivity index (χ3v) is 809. The minimum absolute atomic E-state index is 0.537. The molecule has 0 unspecified atom stereocenters. The largest absolute Gasteiger partial charge is 0.0721 e. The van der Waals surface area contributed by atoms with Crippen LogP contribution in [0.15, 0.2) is 0 Å². The molecule has 0 atom stereocenters. The molecule has 61 heavy (non-hydrogen) atoms. The predicted molar refractivity (Wildman–Crippen MR) is 330 cm³/mol. The molecule has 0 bridgehead atoms. The lowest BCUT2D eigenvalue weighted by atomic mass is 10.2. The summed E-state index contributed by atoms with van der Waals surface area (Å²) in [4.78, 5) is 0. The molecule has 0 aliphatic carbocycles. The summed E-state index contributed by atoms with van der Waals surface area (Å²) >= 11 is 0. The highest BCUT2D eigenvalue weighted by atomic mass is 31.4. The van der Waals surface area contributed by atoms with E-state index in [9.17, 15) is 0 Å². The summed E-state index contributed by atoms with van der Waals surface area (Å²) in [5.74, 6) is 0. The summed E-state index contributed by atoms with van der Waals surface area (Å²) in [5, 5.41) is 3.80. The second kappa shape index (κ2) is 12.4. The van der Waals surface area contributed by atoms with Crippen molar-refractivity contribution in [1.82, 2.24) is 0 Å². The topological polar surface area (TPSA) is 0 Å². The predicted octanol–water partition coefficient (Wildman–Crippen LogP) is 16.1. The van der Waals surface area contributed by atoms with Gasteiger partial charge in [0.05, 0.1) is 0 Å². The quantitative estimate of drug-likeness (QED) is 0.213. The molecule has 358 valence electrons. The van der Waals surface area contributed by atoms with Crippen molar-refractivity contribution >= 4 is 110 Å². The van der Waals surface area contributed by atoms with Gasteiger partial charge in [-0.05, 0) is 35.3 Å². The van der Waals surface area contributed by atoms with Gasteiger partial charge in [0.1, 0.15) is 0 Å². The van der Waals surface area contributed by atoms with E-state index >= 15 is 0 Å². The molecule has 0 amide bonds. The van der Waals surface area contributed by atoms with Crippen molar-refractivity contribution in [2.45, 2.75) is 292 Å². The Hall–Kier alpha value is 3.47. The molecule has 0 saturated carbocycles. The summed E-state index contributed by atoms with van der Waals surface area (Å²) in [5.41, 5.74) is 0. The van der Waals surface area contributed by atoms with Crippen LogP contribution in [0.3, 0.4) is 0 Å². The third kappa shape index (κ3) is 3.95. The zero-order valence-electron chi connectivity index (χ0n) is 49.5. The van der Waals surface area contributed by atoms with Gasteiger partial charge in [-0.2, -0.15) is 0 Å². The molecular formula is C45H114Si16. The molecular weight excluding hydrogens is 990 g/mol. The van der Waals surface area contributed by atoms with Crippen LogP contribution in [0.1, 0.15) is 145 Å². The maximum absolute atomic E-state index is 3.39. The van der Waals surface area contributed by atoms with Crippen molar-refractivity contribution < 1.29 is 0 Å². The fourth-order valence-corrected chi connectivity index (χ4v) is 2530. The first kappa shape index (κ1) is 55.4. The summed E-state index contributed by atoms with van der Waals surface area (Å²) in [6, 6.07) is 0. The average Bonchev–Trinajstić information content (AvgIpc) is 2.93. The van der Waals surface area contributed by atoms with Crippen molar-refractivity contribution in [2.24, 2.45) is 0 Å². The van der Waals surface area contributed by atoms with Gasteiger partial charge in [0.15, 0.2) is 0 Å². The molecule has 0 N–H and O–H groups in total. The van der Waals surface area contributed by atoms with Gasteiger partial charge in [0.25, 0.3) is 0 Å². The molecule has 6 heterocycles. The van der Waals surface area contributed by atoms with Crippen LogP contribution in [0.4, 0.5) is 0 Å². The second-order valence-corrected chi connectivity index (χ2v) is 260. The average molecular weight is 1100 g/mol.